The lowest BCUT2D eigenvalue weighted by Crippen LogP contribution is -2.67. The van der Waals surface area contributed by atoms with Crippen LogP contribution in [0.15, 0.2) is 18.3 Å². The van der Waals surface area contributed by atoms with E-state index < -0.39 is 5.41 Å². The van der Waals surface area contributed by atoms with Gasteiger partial charge in [0.25, 0.3) is 5.91 Å². The standard InChI is InChI=1S/C21H30N4O4/c1-23-9-6-21(20(27)24-10-12-29-13-11-24)5-3-8-25(18(21)15-23)19(26)17-14-16(28-2)4-7-22-17/h4,7,14,18H,3,5-6,8-13,15H2,1-2H3/t18-,21-/m1/s1. The molecule has 8 heteroatoms. The van der Waals surface area contributed by atoms with E-state index in [0.29, 0.717) is 50.8 Å². The van der Waals surface area contributed by atoms with E-state index in [4.69, 9.17) is 9.47 Å². The Bertz CT molecular complexity index is 767. The number of carbonyl (C=O) groups is 2. The Hall–Kier alpha value is -2.19. The third-order valence-electron chi connectivity index (χ3n) is 6.63. The number of hydrogen-bond acceptors (Lipinski definition) is 6. The molecular weight excluding hydrogens is 372 g/mol. The molecule has 3 aliphatic rings. The molecule has 0 spiro atoms. The van der Waals surface area contributed by atoms with Crippen LogP contribution in [-0.4, -0.2) is 97.6 Å². The fourth-order valence-electron chi connectivity index (χ4n) is 5.01. The van der Waals surface area contributed by atoms with E-state index in [1.807, 2.05) is 9.80 Å². The van der Waals surface area contributed by atoms with Crippen LogP contribution in [0.5, 0.6) is 5.75 Å². The van der Waals surface area contributed by atoms with E-state index in [-0.39, 0.29) is 17.9 Å². The molecule has 0 bridgehead atoms. The highest BCUT2D eigenvalue weighted by Gasteiger charge is 2.54. The summed E-state index contributed by atoms with van der Waals surface area (Å²) >= 11 is 0. The van der Waals surface area contributed by atoms with Gasteiger partial charge in [-0.2, -0.15) is 0 Å². The molecule has 0 unspecified atom stereocenters. The van der Waals surface area contributed by atoms with Crippen LogP contribution >= 0.6 is 0 Å². The Kier molecular flexibility index (Phi) is 5.74. The number of likely N-dealkylation sites (tertiary alicyclic amines) is 2. The lowest BCUT2D eigenvalue weighted by Gasteiger charge is -2.54. The summed E-state index contributed by atoms with van der Waals surface area (Å²) in [4.78, 5) is 37.4. The minimum absolute atomic E-state index is 0.122. The normalized spacial score (nSPS) is 28.0. The van der Waals surface area contributed by atoms with Crippen molar-refractivity contribution in [3.05, 3.63) is 24.0 Å². The summed E-state index contributed by atoms with van der Waals surface area (Å²) in [6.45, 7) is 4.65. The van der Waals surface area contributed by atoms with Crippen molar-refractivity contribution in [2.75, 3.05) is 60.1 Å². The van der Waals surface area contributed by atoms with Gasteiger partial charge in [0.15, 0.2) is 0 Å². The third kappa shape index (κ3) is 3.71. The van der Waals surface area contributed by atoms with Crippen molar-refractivity contribution in [1.82, 2.24) is 19.7 Å². The van der Waals surface area contributed by atoms with Gasteiger partial charge in [-0.1, -0.05) is 0 Å². The number of pyridine rings is 1. The van der Waals surface area contributed by atoms with E-state index in [0.717, 1.165) is 25.8 Å². The monoisotopic (exact) mass is 402 g/mol. The van der Waals surface area contributed by atoms with Crippen molar-refractivity contribution in [1.29, 1.82) is 0 Å². The van der Waals surface area contributed by atoms with Crippen LogP contribution in [0.25, 0.3) is 0 Å². The van der Waals surface area contributed by atoms with E-state index in [1.165, 1.54) is 0 Å². The van der Waals surface area contributed by atoms with Gasteiger partial charge in [-0.3, -0.25) is 14.6 Å². The fraction of sp³-hybridized carbons (Fsp3) is 0.667. The number of hydrogen-bond donors (Lipinski definition) is 0. The van der Waals surface area contributed by atoms with Gasteiger partial charge < -0.3 is 24.2 Å². The number of ether oxygens (including phenoxy) is 2. The summed E-state index contributed by atoms with van der Waals surface area (Å²) in [5.74, 6) is 0.676. The number of aromatic nitrogens is 1. The SMILES string of the molecule is COc1ccnc(C(=O)N2CCC[C@@]3(C(=O)N4CCOCC4)CCN(C)C[C@@H]23)c1. The first-order valence-corrected chi connectivity index (χ1v) is 10.4. The lowest BCUT2D eigenvalue weighted by molar-refractivity contribution is -0.157. The largest absolute Gasteiger partial charge is 0.497 e. The Morgan fingerprint density at radius 2 is 2.00 bits per heavy atom. The second kappa shape index (κ2) is 8.28. The second-order valence-electron chi connectivity index (χ2n) is 8.27. The summed E-state index contributed by atoms with van der Waals surface area (Å²) in [6, 6.07) is 3.26. The zero-order chi connectivity index (χ0) is 20.4. The average molecular weight is 402 g/mol. The van der Waals surface area contributed by atoms with Gasteiger partial charge in [-0.15, -0.1) is 0 Å². The van der Waals surface area contributed by atoms with Crippen LogP contribution in [0.2, 0.25) is 0 Å². The second-order valence-corrected chi connectivity index (χ2v) is 8.27. The first kappa shape index (κ1) is 20.1. The average Bonchev–Trinajstić information content (AvgIpc) is 2.78. The van der Waals surface area contributed by atoms with Crippen LogP contribution in [0.3, 0.4) is 0 Å². The molecule has 3 fully saturated rings. The highest BCUT2D eigenvalue weighted by Crippen LogP contribution is 2.44. The van der Waals surface area contributed by atoms with Crippen LogP contribution < -0.4 is 4.74 Å². The van der Waals surface area contributed by atoms with Gasteiger partial charge in [0.1, 0.15) is 11.4 Å². The summed E-state index contributed by atoms with van der Waals surface area (Å²) in [7, 11) is 3.64. The van der Waals surface area contributed by atoms with E-state index in [1.54, 1.807) is 25.4 Å². The molecule has 0 aliphatic carbocycles. The first-order chi connectivity index (χ1) is 14.0. The topological polar surface area (TPSA) is 75.2 Å². The van der Waals surface area contributed by atoms with Gasteiger partial charge >= 0.3 is 0 Å². The smallest absolute Gasteiger partial charge is 0.272 e. The van der Waals surface area contributed by atoms with Crippen LogP contribution in [0.4, 0.5) is 0 Å². The molecule has 0 N–H and O–H groups in total. The molecule has 3 saturated heterocycles. The van der Waals surface area contributed by atoms with Crippen molar-refractivity contribution in [2.45, 2.75) is 25.3 Å². The molecule has 3 aliphatic heterocycles. The van der Waals surface area contributed by atoms with Crippen molar-refractivity contribution >= 4 is 11.8 Å². The molecule has 0 saturated carbocycles. The molecule has 4 rings (SSSR count). The number of carbonyl (C=O) groups excluding carboxylic acids is 2. The number of nitrogens with zero attached hydrogens (tertiary/aromatic N) is 4. The van der Waals surface area contributed by atoms with Crippen LogP contribution in [0, 0.1) is 5.41 Å². The zero-order valence-corrected chi connectivity index (χ0v) is 17.3. The summed E-state index contributed by atoms with van der Waals surface area (Å²) in [6.07, 6.45) is 4.03. The molecule has 158 valence electrons. The molecule has 2 amide bonds. The van der Waals surface area contributed by atoms with Gasteiger partial charge in [0.2, 0.25) is 5.91 Å². The van der Waals surface area contributed by atoms with E-state index in [9.17, 15) is 9.59 Å². The van der Waals surface area contributed by atoms with Gasteiger partial charge in [-0.25, -0.2) is 0 Å². The summed E-state index contributed by atoms with van der Waals surface area (Å²) in [5.41, 5.74) is -0.149. The Morgan fingerprint density at radius 3 is 2.76 bits per heavy atom. The maximum Gasteiger partial charge on any atom is 0.272 e. The fourth-order valence-corrected chi connectivity index (χ4v) is 5.01. The number of morpholine rings is 1. The molecular formula is C21H30N4O4. The molecule has 29 heavy (non-hydrogen) atoms. The highest BCUT2D eigenvalue weighted by molar-refractivity contribution is 5.94. The molecule has 2 atom stereocenters. The van der Waals surface area contributed by atoms with Crippen molar-refractivity contribution in [3.8, 4) is 5.75 Å². The minimum Gasteiger partial charge on any atom is -0.497 e. The molecule has 1 aromatic rings. The summed E-state index contributed by atoms with van der Waals surface area (Å²) in [5, 5.41) is 0. The Balaban J connectivity index is 1.64. The van der Waals surface area contributed by atoms with Crippen molar-refractivity contribution in [3.63, 3.8) is 0 Å². The lowest BCUT2D eigenvalue weighted by atomic mass is 9.67. The maximum atomic E-state index is 13.7. The van der Waals surface area contributed by atoms with Gasteiger partial charge in [-0.05, 0) is 38.9 Å². The molecule has 0 aromatic carbocycles. The number of likely N-dealkylation sites (N-methyl/N-ethyl adjacent to an activating group) is 1. The Labute approximate surface area is 171 Å². The number of amides is 2. The predicted octanol–water partition coefficient (Wildman–Crippen LogP) is 0.876. The van der Waals surface area contributed by atoms with Crippen molar-refractivity contribution in [2.24, 2.45) is 5.41 Å². The van der Waals surface area contributed by atoms with Crippen LogP contribution in [0.1, 0.15) is 29.8 Å². The van der Waals surface area contributed by atoms with Gasteiger partial charge in [0.05, 0.1) is 31.8 Å². The zero-order valence-electron chi connectivity index (χ0n) is 17.3. The van der Waals surface area contributed by atoms with Crippen molar-refractivity contribution < 1.29 is 19.1 Å². The number of fused-ring (bicyclic) bond motifs is 1. The Morgan fingerprint density at radius 1 is 1.21 bits per heavy atom. The predicted molar refractivity (Wildman–Crippen MR) is 107 cm³/mol. The highest BCUT2D eigenvalue weighted by atomic mass is 16.5. The van der Waals surface area contributed by atoms with E-state index in [2.05, 4.69) is 16.9 Å². The number of methoxy groups -OCH3 is 1. The number of piperidine rings is 2. The van der Waals surface area contributed by atoms with E-state index >= 15 is 0 Å². The quantitative estimate of drug-likeness (QED) is 0.747. The molecule has 1 aromatic heterocycles. The summed E-state index contributed by atoms with van der Waals surface area (Å²) < 4.78 is 10.7. The number of rotatable bonds is 3. The minimum atomic E-state index is -0.517. The van der Waals surface area contributed by atoms with Crippen LogP contribution in [-0.2, 0) is 9.53 Å². The maximum absolute atomic E-state index is 13.7. The molecule has 8 nitrogen and oxygen atoms in total. The van der Waals surface area contributed by atoms with Gasteiger partial charge in [0, 0.05) is 38.4 Å². The third-order valence-corrected chi connectivity index (χ3v) is 6.63. The first-order valence-electron chi connectivity index (χ1n) is 10.4. The molecule has 4 heterocycles. The molecule has 0 radical (unpaired) electrons.